The number of halogens is 3. The summed E-state index contributed by atoms with van der Waals surface area (Å²) >= 11 is 0. The SMILES string of the molecule is CN1CCN(Cc2ccc(N)cc2C(F)(F)F)CC1(C)C. The van der Waals surface area contributed by atoms with E-state index < -0.39 is 11.7 Å². The lowest BCUT2D eigenvalue weighted by Gasteiger charge is -2.45. The van der Waals surface area contributed by atoms with Gasteiger partial charge in [0, 0.05) is 37.4 Å². The van der Waals surface area contributed by atoms with Crippen molar-refractivity contribution in [1.82, 2.24) is 9.80 Å². The largest absolute Gasteiger partial charge is 0.416 e. The minimum atomic E-state index is -4.37. The highest BCUT2D eigenvalue weighted by Crippen LogP contribution is 2.34. The minimum Gasteiger partial charge on any atom is -0.399 e. The molecule has 0 aromatic heterocycles. The first-order valence-corrected chi connectivity index (χ1v) is 6.99. The van der Waals surface area contributed by atoms with Crippen LogP contribution in [0.3, 0.4) is 0 Å². The van der Waals surface area contributed by atoms with Gasteiger partial charge in [0.15, 0.2) is 0 Å². The molecule has 1 aliphatic heterocycles. The van der Waals surface area contributed by atoms with E-state index in [0.717, 1.165) is 25.7 Å². The molecule has 118 valence electrons. The third-order valence-electron chi connectivity index (χ3n) is 4.23. The maximum atomic E-state index is 13.1. The molecule has 6 heteroatoms. The smallest absolute Gasteiger partial charge is 0.399 e. The Morgan fingerprint density at radius 2 is 1.90 bits per heavy atom. The Balaban J connectivity index is 2.21. The van der Waals surface area contributed by atoms with Crippen molar-refractivity contribution in [1.29, 1.82) is 0 Å². The first-order valence-electron chi connectivity index (χ1n) is 6.99. The van der Waals surface area contributed by atoms with E-state index >= 15 is 0 Å². The third-order valence-corrected chi connectivity index (χ3v) is 4.23. The van der Waals surface area contributed by atoms with Crippen molar-refractivity contribution >= 4 is 5.69 Å². The molecule has 1 aromatic rings. The number of likely N-dealkylation sites (N-methyl/N-ethyl adjacent to an activating group) is 1. The van der Waals surface area contributed by atoms with Crippen LogP contribution >= 0.6 is 0 Å². The molecule has 1 fully saturated rings. The zero-order valence-corrected chi connectivity index (χ0v) is 12.7. The van der Waals surface area contributed by atoms with Gasteiger partial charge in [-0.15, -0.1) is 0 Å². The van der Waals surface area contributed by atoms with Crippen LogP contribution in [0.4, 0.5) is 18.9 Å². The molecule has 0 atom stereocenters. The first kappa shape index (κ1) is 16.1. The molecule has 1 aliphatic rings. The van der Waals surface area contributed by atoms with E-state index in [1.807, 2.05) is 7.05 Å². The zero-order valence-electron chi connectivity index (χ0n) is 12.7. The molecule has 0 aliphatic carbocycles. The summed E-state index contributed by atoms with van der Waals surface area (Å²) in [7, 11) is 2.04. The lowest BCUT2D eigenvalue weighted by Crippen LogP contribution is -2.57. The predicted octanol–water partition coefficient (Wildman–Crippen LogP) is 2.81. The molecule has 2 rings (SSSR count). The van der Waals surface area contributed by atoms with Gasteiger partial charge in [-0.2, -0.15) is 13.2 Å². The number of nitrogens with zero attached hydrogens (tertiary/aromatic N) is 2. The van der Waals surface area contributed by atoms with Gasteiger partial charge < -0.3 is 5.73 Å². The van der Waals surface area contributed by atoms with Crippen LogP contribution in [0.5, 0.6) is 0 Å². The van der Waals surface area contributed by atoms with E-state index in [1.165, 1.54) is 12.1 Å². The van der Waals surface area contributed by atoms with Crippen LogP contribution in [0.15, 0.2) is 18.2 Å². The van der Waals surface area contributed by atoms with Gasteiger partial charge in [-0.25, -0.2) is 0 Å². The van der Waals surface area contributed by atoms with E-state index in [4.69, 9.17) is 5.73 Å². The lowest BCUT2D eigenvalue weighted by molar-refractivity contribution is -0.138. The van der Waals surface area contributed by atoms with E-state index in [9.17, 15) is 13.2 Å². The minimum absolute atomic E-state index is 0.0372. The first-order chi connectivity index (χ1) is 9.59. The maximum Gasteiger partial charge on any atom is 0.416 e. The average molecular weight is 301 g/mol. The maximum absolute atomic E-state index is 13.1. The number of benzene rings is 1. The normalized spacial score (nSPS) is 20.7. The fraction of sp³-hybridized carbons (Fsp3) is 0.600. The molecular weight excluding hydrogens is 279 g/mol. The third kappa shape index (κ3) is 3.68. The van der Waals surface area contributed by atoms with Gasteiger partial charge in [0.25, 0.3) is 0 Å². The second-order valence-corrected chi connectivity index (χ2v) is 6.36. The molecule has 0 amide bonds. The van der Waals surface area contributed by atoms with Gasteiger partial charge in [0.05, 0.1) is 5.56 Å². The van der Waals surface area contributed by atoms with Crippen LogP contribution in [-0.2, 0) is 12.7 Å². The number of hydrogen-bond acceptors (Lipinski definition) is 3. The Hall–Kier alpha value is -1.27. The molecule has 0 spiro atoms. The number of piperazine rings is 1. The van der Waals surface area contributed by atoms with Gasteiger partial charge in [0.1, 0.15) is 0 Å². The van der Waals surface area contributed by atoms with Crippen molar-refractivity contribution < 1.29 is 13.2 Å². The lowest BCUT2D eigenvalue weighted by atomic mass is 9.98. The van der Waals surface area contributed by atoms with Crippen molar-refractivity contribution in [2.45, 2.75) is 32.1 Å². The summed E-state index contributed by atoms with van der Waals surface area (Å²) < 4.78 is 39.3. The number of alkyl halides is 3. The molecular formula is C15H22F3N3. The molecule has 21 heavy (non-hydrogen) atoms. The average Bonchev–Trinajstić information content (AvgIpc) is 2.34. The van der Waals surface area contributed by atoms with Gasteiger partial charge >= 0.3 is 6.18 Å². The van der Waals surface area contributed by atoms with Gasteiger partial charge in [-0.3, -0.25) is 9.80 Å². The highest BCUT2D eigenvalue weighted by molar-refractivity contribution is 5.46. The molecule has 1 saturated heterocycles. The molecule has 1 heterocycles. The van der Waals surface area contributed by atoms with Crippen molar-refractivity contribution in [2.75, 3.05) is 32.4 Å². The van der Waals surface area contributed by atoms with Crippen LogP contribution < -0.4 is 5.73 Å². The van der Waals surface area contributed by atoms with Crippen LogP contribution in [0, 0.1) is 0 Å². The van der Waals surface area contributed by atoms with Crippen LogP contribution in [0.25, 0.3) is 0 Å². The number of rotatable bonds is 2. The summed E-state index contributed by atoms with van der Waals surface area (Å²) in [6.07, 6.45) is -4.37. The Labute approximate surface area is 123 Å². The fourth-order valence-electron chi connectivity index (χ4n) is 2.71. The summed E-state index contributed by atoms with van der Waals surface area (Å²) in [5.74, 6) is 0. The van der Waals surface area contributed by atoms with Gasteiger partial charge in [-0.05, 0) is 38.6 Å². The summed E-state index contributed by atoms with van der Waals surface area (Å²) in [6, 6.07) is 4.05. The quantitative estimate of drug-likeness (QED) is 0.853. The zero-order chi connectivity index (χ0) is 15.8. The Morgan fingerprint density at radius 1 is 1.24 bits per heavy atom. The van der Waals surface area contributed by atoms with Crippen molar-refractivity contribution in [3.05, 3.63) is 29.3 Å². The summed E-state index contributed by atoms with van der Waals surface area (Å²) in [5, 5.41) is 0. The molecule has 2 N–H and O–H groups in total. The number of nitrogen functional groups attached to an aromatic ring is 1. The van der Waals surface area contributed by atoms with Crippen LogP contribution in [0.1, 0.15) is 25.0 Å². The second kappa shape index (κ2) is 5.50. The highest BCUT2D eigenvalue weighted by atomic mass is 19.4. The van der Waals surface area contributed by atoms with Crippen LogP contribution in [-0.4, -0.2) is 42.0 Å². The Bertz CT molecular complexity index is 511. The second-order valence-electron chi connectivity index (χ2n) is 6.36. The van der Waals surface area contributed by atoms with E-state index in [1.54, 1.807) is 0 Å². The Morgan fingerprint density at radius 3 is 2.48 bits per heavy atom. The Kier molecular flexibility index (Phi) is 4.22. The number of nitrogens with two attached hydrogens (primary N) is 1. The van der Waals surface area contributed by atoms with Gasteiger partial charge in [0.2, 0.25) is 0 Å². The predicted molar refractivity (Wildman–Crippen MR) is 77.8 cm³/mol. The molecule has 0 unspecified atom stereocenters. The number of hydrogen-bond donors (Lipinski definition) is 1. The van der Waals surface area contributed by atoms with Crippen molar-refractivity contribution in [3.63, 3.8) is 0 Å². The van der Waals surface area contributed by atoms with Crippen LogP contribution in [0.2, 0.25) is 0 Å². The molecule has 0 radical (unpaired) electrons. The summed E-state index contributed by atoms with van der Waals surface area (Å²) in [4.78, 5) is 4.30. The fourth-order valence-corrected chi connectivity index (χ4v) is 2.71. The van der Waals surface area contributed by atoms with E-state index in [-0.39, 0.29) is 16.8 Å². The van der Waals surface area contributed by atoms with Crippen molar-refractivity contribution in [3.8, 4) is 0 Å². The van der Waals surface area contributed by atoms with Gasteiger partial charge in [-0.1, -0.05) is 6.07 Å². The van der Waals surface area contributed by atoms with Crippen molar-refractivity contribution in [2.24, 2.45) is 0 Å². The summed E-state index contributed by atoms with van der Waals surface area (Å²) in [5.41, 5.74) is 5.27. The molecule has 0 bridgehead atoms. The molecule has 3 nitrogen and oxygen atoms in total. The topological polar surface area (TPSA) is 32.5 Å². The standard InChI is InChI=1S/C15H22F3N3/c1-14(2)10-21(7-6-20(14)3)9-11-4-5-12(19)8-13(11)15(16,17)18/h4-5,8H,6-7,9-10,19H2,1-3H3. The highest BCUT2D eigenvalue weighted by Gasteiger charge is 2.35. The summed E-state index contributed by atoms with van der Waals surface area (Å²) in [6.45, 7) is 6.86. The molecule has 0 saturated carbocycles. The number of anilines is 1. The molecule has 1 aromatic carbocycles. The van der Waals surface area contributed by atoms with E-state index in [2.05, 4.69) is 23.6 Å². The monoisotopic (exact) mass is 301 g/mol. The van der Waals surface area contributed by atoms with E-state index in [0.29, 0.717) is 6.54 Å².